The fourth-order valence-electron chi connectivity index (χ4n) is 1.81. The molecule has 1 aliphatic carbocycles. The number of benzene rings is 1. The van der Waals surface area contributed by atoms with E-state index in [9.17, 15) is 9.50 Å². The zero-order valence-electron chi connectivity index (χ0n) is 9.45. The summed E-state index contributed by atoms with van der Waals surface area (Å²) in [7, 11) is 0. The van der Waals surface area contributed by atoms with Crippen LogP contribution in [0.4, 0.5) is 4.39 Å². The van der Waals surface area contributed by atoms with Crippen LogP contribution in [-0.2, 0) is 0 Å². The second-order valence-corrected chi connectivity index (χ2v) is 4.47. The van der Waals surface area contributed by atoms with Gasteiger partial charge in [-0.3, -0.25) is 0 Å². The Bertz CT molecular complexity index is 359. The van der Waals surface area contributed by atoms with Crippen molar-refractivity contribution in [1.82, 2.24) is 0 Å². The first-order chi connectivity index (χ1) is 7.66. The van der Waals surface area contributed by atoms with E-state index in [1.807, 2.05) is 0 Å². The number of ether oxygens (including phenoxy) is 1. The molecule has 0 spiro atoms. The molecule has 0 aliphatic heterocycles. The third kappa shape index (κ3) is 2.53. The highest BCUT2D eigenvalue weighted by Crippen LogP contribution is 2.28. The van der Waals surface area contributed by atoms with Gasteiger partial charge in [0.15, 0.2) is 0 Å². The molecule has 0 aromatic heterocycles. The van der Waals surface area contributed by atoms with Gasteiger partial charge in [-0.15, -0.1) is 0 Å². The first-order valence-corrected chi connectivity index (χ1v) is 5.77. The van der Waals surface area contributed by atoms with E-state index in [-0.39, 0.29) is 0 Å². The van der Waals surface area contributed by atoms with Gasteiger partial charge in [-0.05, 0) is 37.8 Å². The number of halogens is 1. The molecule has 0 amide bonds. The molecule has 1 fully saturated rings. The highest BCUT2D eigenvalue weighted by molar-refractivity contribution is 5.30. The van der Waals surface area contributed by atoms with Gasteiger partial charge in [0.05, 0.1) is 12.7 Å². The lowest BCUT2D eigenvalue weighted by atomic mass is 9.86. The van der Waals surface area contributed by atoms with Crippen molar-refractivity contribution in [3.63, 3.8) is 0 Å². The van der Waals surface area contributed by atoms with Crippen molar-refractivity contribution in [2.24, 2.45) is 5.92 Å². The number of rotatable bonds is 4. The molecule has 0 heterocycles. The van der Waals surface area contributed by atoms with Crippen molar-refractivity contribution < 1.29 is 14.2 Å². The van der Waals surface area contributed by atoms with Crippen LogP contribution in [0.1, 0.15) is 37.9 Å². The summed E-state index contributed by atoms with van der Waals surface area (Å²) in [5.74, 6) is 0.786. The number of hydrogen-bond donors (Lipinski definition) is 1. The SMILES string of the molecule is CC(O)c1ccc(OCC2CCC2)cc1F. The van der Waals surface area contributed by atoms with E-state index in [1.54, 1.807) is 19.1 Å². The standard InChI is InChI=1S/C13H17FO2/c1-9(15)12-6-5-11(7-13(12)14)16-8-10-3-2-4-10/h5-7,9-10,15H,2-4,8H2,1H3. The van der Waals surface area contributed by atoms with Crippen LogP contribution in [0.2, 0.25) is 0 Å². The van der Waals surface area contributed by atoms with E-state index in [2.05, 4.69) is 0 Å². The molecule has 1 aliphatic rings. The molecular weight excluding hydrogens is 207 g/mol. The van der Waals surface area contributed by atoms with Gasteiger partial charge in [0.25, 0.3) is 0 Å². The number of hydrogen-bond acceptors (Lipinski definition) is 2. The molecule has 2 rings (SSSR count). The smallest absolute Gasteiger partial charge is 0.132 e. The Hall–Kier alpha value is -1.09. The first kappa shape index (κ1) is 11.4. The molecule has 3 heteroatoms. The molecule has 88 valence electrons. The molecule has 0 radical (unpaired) electrons. The molecule has 16 heavy (non-hydrogen) atoms. The van der Waals surface area contributed by atoms with Crippen LogP contribution in [0.5, 0.6) is 5.75 Å². The Labute approximate surface area is 95.1 Å². The lowest BCUT2D eigenvalue weighted by Gasteiger charge is -2.25. The minimum Gasteiger partial charge on any atom is -0.493 e. The Morgan fingerprint density at radius 3 is 2.75 bits per heavy atom. The summed E-state index contributed by atoms with van der Waals surface area (Å²) in [5, 5.41) is 9.28. The van der Waals surface area contributed by atoms with Crippen LogP contribution in [0.15, 0.2) is 18.2 Å². The summed E-state index contributed by atoms with van der Waals surface area (Å²) in [5.41, 5.74) is 0.316. The Kier molecular flexibility index (Phi) is 3.44. The van der Waals surface area contributed by atoms with Gasteiger partial charge in [0, 0.05) is 11.6 Å². The largest absolute Gasteiger partial charge is 0.493 e. The van der Waals surface area contributed by atoms with Gasteiger partial charge < -0.3 is 9.84 Å². The Morgan fingerprint density at radius 1 is 1.50 bits per heavy atom. The second-order valence-electron chi connectivity index (χ2n) is 4.47. The van der Waals surface area contributed by atoms with Crippen LogP contribution in [-0.4, -0.2) is 11.7 Å². The van der Waals surface area contributed by atoms with E-state index in [1.165, 1.54) is 25.3 Å². The predicted octanol–water partition coefficient (Wildman–Crippen LogP) is 3.06. The van der Waals surface area contributed by atoms with Gasteiger partial charge in [-0.25, -0.2) is 4.39 Å². The maximum Gasteiger partial charge on any atom is 0.132 e. The molecule has 1 N–H and O–H groups in total. The van der Waals surface area contributed by atoms with Crippen molar-refractivity contribution in [3.05, 3.63) is 29.6 Å². The van der Waals surface area contributed by atoms with Gasteiger partial charge >= 0.3 is 0 Å². The average Bonchev–Trinajstić information content (AvgIpc) is 2.14. The van der Waals surface area contributed by atoms with Crippen LogP contribution in [0.25, 0.3) is 0 Å². The van der Waals surface area contributed by atoms with E-state index in [0.717, 1.165) is 0 Å². The van der Waals surface area contributed by atoms with Crippen LogP contribution >= 0.6 is 0 Å². The second kappa shape index (κ2) is 4.83. The summed E-state index contributed by atoms with van der Waals surface area (Å²) in [6.07, 6.45) is 2.94. The highest BCUT2D eigenvalue weighted by Gasteiger charge is 2.18. The Balaban J connectivity index is 1.97. The average molecular weight is 224 g/mol. The zero-order chi connectivity index (χ0) is 11.5. The number of aliphatic hydroxyl groups is 1. The van der Waals surface area contributed by atoms with Crippen molar-refractivity contribution in [1.29, 1.82) is 0 Å². The molecular formula is C13H17FO2. The fraction of sp³-hybridized carbons (Fsp3) is 0.538. The molecule has 0 saturated heterocycles. The summed E-state index contributed by atoms with van der Waals surface area (Å²) < 4.78 is 19.0. The van der Waals surface area contributed by atoms with Crippen LogP contribution in [0.3, 0.4) is 0 Å². The monoisotopic (exact) mass is 224 g/mol. The highest BCUT2D eigenvalue weighted by atomic mass is 19.1. The quantitative estimate of drug-likeness (QED) is 0.851. The summed E-state index contributed by atoms with van der Waals surface area (Å²) >= 11 is 0. The number of aliphatic hydroxyl groups excluding tert-OH is 1. The summed E-state index contributed by atoms with van der Waals surface area (Å²) in [6.45, 7) is 2.22. The third-order valence-electron chi connectivity index (χ3n) is 3.13. The molecule has 1 saturated carbocycles. The lowest BCUT2D eigenvalue weighted by Crippen LogP contribution is -2.19. The van der Waals surface area contributed by atoms with Gasteiger partial charge in [0.1, 0.15) is 11.6 Å². The summed E-state index contributed by atoms with van der Waals surface area (Å²) in [4.78, 5) is 0. The topological polar surface area (TPSA) is 29.5 Å². The molecule has 2 nitrogen and oxygen atoms in total. The van der Waals surface area contributed by atoms with Crippen LogP contribution < -0.4 is 4.74 Å². The van der Waals surface area contributed by atoms with Crippen LogP contribution in [0, 0.1) is 11.7 Å². The first-order valence-electron chi connectivity index (χ1n) is 5.77. The lowest BCUT2D eigenvalue weighted by molar-refractivity contribution is 0.178. The molecule has 1 atom stereocenters. The Morgan fingerprint density at radius 2 is 2.25 bits per heavy atom. The predicted molar refractivity (Wildman–Crippen MR) is 59.9 cm³/mol. The fourth-order valence-corrected chi connectivity index (χ4v) is 1.81. The summed E-state index contributed by atoms with van der Waals surface area (Å²) in [6, 6.07) is 4.64. The van der Waals surface area contributed by atoms with Crippen molar-refractivity contribution in [3.8, 4) is 5.75 Å². The van der Waals surface area contributed by atoms with Crippen molar-refractivity contribution >= 4 is 0 Å². The molecule has 1 unspecified atom stereocenters. The van der Waals surface area contributed by atoms with Gasteiger partial charge in [-0.1, -0.05) is 6.42 Å². The van der Waals surface area contributed by atoms with E-state index >= 15 is 0 Å². The van der Waals surface area contributed by atoms with E-state index in [0.29, 0.717) is 23.8 Å². The molecule has 0 bridgehead atoms. The van der Waals surface area contributed by atoms with E-state index < -0.39 is 11.9 Å². The van der Waals surface area contributed by atoms with Gasteiger partial charge in [-0.2, -0.15) is 0 Å². The van der Waals surface area contributed by atoms with E-state index in [4.69, 9.17) is 4.74 Å². The molecule has 1 aromatic carbocycles. The minimum atomic E-state index is -0.777. The third-order valence-corrected chi connectivity index (χ3v) is 3.13. The maximum atomic E-state index is 13.5. The van der Waals surface area contributed by atoms with Crippen molar-refractivity contribution in [2.45, 2.75) is 32.3 Å². The normalized spacial score (nSPS) is 17.9. The maximum absolute atomic E-state index is 13.5. The van der Waals surface area contributed by atoms with Gasteiger partial charge in [0.2, 0.25) is 0 Å². The minimum absolute atomic E-state index is 0.316. The van der Waals surface area contributed by atoms with Crippen molar-refractivity contribution in [2.75, 3.05) is 6.61 Å². The molecule has 1 aromatic rings. The zero-order valence-corrected chi connectivity index (χ0v) is 9.45.